The molecule has 8 aromatic carbocycles. The summed E-state index contributed by atoms with van der Waals surface area (Å²) in [5, 5.41) is 13.7. The quantitative estimate of drug-likeness (QED) is 0.0409. The summed E-state index contributed by atoms with van der Waals surface area (Å²) in [6.07, 6.45) is 5.72. The molecule has 0 atom stereocenters. The number of sulfonamides is 2. The maximum absolute atomic E-state index is 13.1. The van der Waals surface area contributed by atoms with E-state index >= 15 is 0 Å². The Bertz CT molecular complexity index is 3830. The van der Waals surface area contributed by atoms with Crippen molar-refractivity contribution in [1.29, 1.82) is 0 Å². The second kappa shape index (κ2) is 21.5. The zero-order valence-electron chi connectivity index (χ0n) is 38.2. The summed E-state index contributed by atoms with van der Waals surface area (Å²) < 4.78 is 88.3. The first kappa shape index (κ1) is 49.7. The molecular weight excluding hydrogens is 964 g/mol. The molecule has 13 nitrogen and oxygen atoms in total. The van der Waals surface area contributed by atoms with Crippen LogP contribution in [0.25, 0.3) is 54.1 Å². The van der Waals surface area contributed by atoms with E-state index in [1.807, 2.05) is 104 Å². The highest BCUT2D eigenvalue weighted by Gasteiger charge is 2.20. The molecule has 0 amide bonds. The largest absolute Gasteiger partial charge is 0.361 e. The number of hydrogen-bond donors (Lipinski definition) is 7. The molecule has 0 spiro atoms. The Morgan fingerprint density at radius 2 is 1.00 bits per heavy atom. The molecule has 0 aliphatic carbocycles. The Labute approximate surface area is 412 Å². The second-order valence-corrected chi connectivity index (χ2v) is 21.5. The average Bonchev–Trinajstić information content (AvgIpc) is 3.95. The molecule has 360 valence electrons. The minimum absolute atomic E-state index is 0.128. The van der Waals surface area contributed by atoms with Crippen LogP contribution in [0, 0.1) is 0 Å². The Balaban J connectivity index is 0.000000148. The molecule has 10 aromatic rings. The van der Waals surface area contributed by atoms with Crippen molar-refractivity contribution in [2.24, 2.45) is 0 Å². The predicted octanol–water partition coefficient (Wildman–Crippen LogP) is 10.9. The molecule has 70 heavy (non-hydrogen) atoms. The van der Waals surface area contributed by atoms with Gasteiger partial charge in [-0.1, -0.05) is 110 Å². The van der Waals surface area contributed by atoms with Gasteiger partial charge in [0.25, 0.3) is 30.2 Å². The number of aromatic nitrogens is 2. The van der Waals surface area contributed by atoms with Crippen molar-refractivity contribution in [2.45, 2.75) is 34.5 Å². The van der Waals surface area contributed by atoms with Gasteiger partial charge in [-0.15, -0.1) is 0 Å². The van der Waals surface area contributed by atoms with Gasteiger partial charge in [-0.05, 0) is 134 Å². The van der Waals surface area contributed by atoms with E-state index in [2.05, 4.69) is 37.0 Å². The summed E-state index contributed by atoms with van der Waals surface area (Å²) >= 11 is 5.91. The SMILES string of the molecule is CCNCCc1c[nH]c2ccc(NS(=O)(=O)c3cccc4ccccc34)cc12.CNCCc1c[nH]c2ccc(NS(=O)(=O)c3cccc4ccccc34)cc12.O=S(=O)(O)c1ccc2c(Cl)cccc2c1. The highest BCUT2D eigenvalue weighted by Crippen LogP contribution is 2.30. The molecular formula is C53H51ClN6O7S3. The van der Waals surface area contributed by atoms with E-state index in [0.29, 0.717) is 32.6 Å². The standard InChI is InChI=1S/C22H23N3O2S.C21H21N3O2S.C10H7ClO3S/c1-2-23-13-12-17-15-24-21-11-10-18(14-20(17)21)25-28(26,27)22-9-5-7-16-6-3-4-8-19(16)22;1-22-12-11-16-14-23-20-10-9-17(13-19(16)20)24-27(25,26)21-8-4-6-15-5-2-3-7-18(15)21;11-10-3-1-2-7-6-8(15(12,13)14)4-5-9(7)10/h3-11,14-15,23-25H,2,12-13H2,1H3;2-10,13-14,22-24H,11-12H2,1H3;1-6H,(H,12,13,14). The number of hydrogen-bond acceptors (Lipinski definition) is 8. The number of H-pyrrole nitrogens is 2. The third-order valence-electron chi connectivity index (χ3n) is 11.7. The number of likely N-dealkylation sites (N-methyl/N-ethyl adjacent to an activating group) is 2. The van der Waals surface area contributed by atoms with Crippen molar-refractivity contribution in [3.05, 3.63) is 186 Å². The van der Waals surface area contributed by atoms with Crippen molar-refractivity contribution in [1.82, 2.24) is 20.6 Å². The normalized spacial score (nSPS) is 11.9. The lowest BCUT2D eigenvalue weighted by Gasteiger charge is -2.11. The fourth-order valence-electron chi connectivity index (χ4n) is 8.22. The van der Waals surface area contributed by atoms with Gasteiger partial charge in [-0.3, -0.25) is 14.0 Å². The van der Waals surface area contributed by atoms with Crippen LogP contribution in [-0.2, 0) is 43.0 Å². The molecule has 2 aromatic heterocycles. The lowest BCUT2D eigenvalue weighted by molar-refractivity contribution is 0.483. The number of fused-ring (bicyclic) bond motifs is 5. The molecule has 17 heteroatoms. The van der Waals surface area contributed by atoms with E-state index in [4.69, 9.17) is 16.2 Å². The first-order valence-electron chi connectivity index (χ1n) is 22.4. The van der Waals surface area contributed by atoms with Gasteiger partial charge in [0.15, 0.2) is 0 Å². The fraction of sp³-hybridized carbons (Fsp3) is 0.132. The first-order valence-corrected chi connectivity index (χ1v) is 27.2. The molecule has 0 fully saturated rings. The molecule has 10 rings (SSSR count). The van der Waals surface area contributed by atoms with Crippen LogP contribution < -0.4 is 20.1 Å². The van der Waals surface area contributed by atoms with Crippen molar-refractivity contribution in [2.75, 3.05) is 36.1 Å². The van der Waals surface area contributed by atoms with Crippen molar-refractivity contribution >= 4 is 107 Å². The van der Waals surface area contributed by atoms with E-state index in [9.17, 15) is 25.3 Å². The van der Waals surface area contributed by atoms with Gasteiger partial charge >= 0.3 is 0 Å². The topological polar surface area (TPSA) is 202 Å². The minimum Gasteiger partial charge on any atom is -0.361 e. The molecule has 2 heterocycles. The van der Waals surface area contributed by atoms with Crippen LogP contribution in [0.1, 0.15) is 18.1 Å². The highest BCUT2D eigenvalue weighted by molar-refractivity contribution is 7.93. The van der Waals surface area contributed by atoms with Crippen LogP contribution in [0.15, 0.2) is 185 Å². The van der Waals surface area contributed by atoms with Gasteiger partial charge in [0.05, 0.1) is 14.7 Å². The van der Waals surface area contributed by atoms with Crippen LogP contribution in [0.5, 0.6) is 0 Å². The Hall–Kier alpha value is -6.76. The second-order valence-electron chi connectivity index (χ2n) is 16.4. The molecule has 0 radical (unpaired) electrons. The summed E-state index contributed by atoms with van der Waals surface area (Å²) in [6.45, 7) is 4.75. The lowest BCUT2D eigenvalue weighted by atomic mass is 10.1. The Morgan fingerprint density at radius 1 is 0.514 bits per heavy atom. The predicted molar refractivity (Wildman–Crippen MR) is 285 cm³/mol. The van der Waals surface area contributed by atoms with Crippen LogP contribution in [0.2, 0.25) is 5.02 Å². The van der Waals surface area contributed by atoms with Gasteiger partial charge < -0.3 is 20.6 Å². The van der Waals surface area contributed by atoms with Crippen LogP contribution in [0.3, 0.4) is 0 Å². The summed E-state index contributed by atoms with van der Waals surface area (Å²) in [7, 11) is -9.63. The lowest BCUT2D eigenvalue weighted by Crippen LogP contribution is -2.16. The van der Waals surface area contributed by atoms with Crippen LogP contribution in [0.4, 0.5) is 11.4 Å². The summed E-state index contributed by atoms with van der Waals surface area (Å²) in [5.74, 6) is 0. The first-order chi connectivity index (χ1) is 33.6. The molecule has 0 aliphatic heterocycles. The molecule has 0 saturated carbocycles. The minimum atomic E-state index is -4.15. The third kappa shape index (κ3) is 11.5. The van der Waals surface area contributed by atoms with Crippen LogP contribution in [-0.4, -0.2) is 66.5 Å². The number of nitrogens with one attached hydrogen (secondary N) is 6. The smallest absolute Gasteiger partial charge is 0.294 e. The highest BCUT2D eigenvalue weighted by atomic mass is 35.5. The molecule has 0 bridgehead atoms. The molecule has 0 aliphatic rings. The maximum atomic E-state index is 13.1. The summed E-state index contributed by atoms with van der Waals surface area (Å²) in [4.78, 5) is 6.93. The number of halogens is 1. The van der Waals surface area contributed by atoms with Crippen molar-refractivity contribution in [3.63, 3.8) is 0 Å². The zero-order valence-corrected chi connectivity index (χ0v) is 41.4. The van der Waals surface area contributed by atoms with E-state index < -0.39 is 30.2 Å². The monoisotopic (exact) mass is 1010 g/mol. The van der Waals surface area contributed by atoms with Crippen molar-refractivity contribution < 1.29 is 29.8 Å². The van der Waals surface area contributed by atoms with Crippen LogP contribution >= 0.6 is 11.6 Å². The summed E-state index contributed by atoms with van der Waals surface area (Å²) in [5.41, 5.74) is 5.44. The van der Waals surface area contributed by atoms with Gasteiger partial charge in [0.1, 0.15) is 0 Å². The molecule has 7 N–H and O–H groups in total. The van der Waals surface area contributed by atoms with Gasteiger partial charge in [0.2, 0.25) is 0 Å². The van der Waals surface area contributed by atoms with Gasteiger partial charge in [-0.25, -0.2) is 16.8 Å². The van der Waals surface area contributed by atoms with Gasteiger partial charge in [-0.2, -0.15) is 8.42 Å². The van der Waals surface area contributed by atoms with Gasteiger partial charge in [0, 0.05) is 66.8 Å². The molecule has 0 saturated heterocycles. The number of rotatable bonds is 14. The molecule has 0 unspecified atom stereocenters. The van der Waals surface area contributed by atoms with Crippen molar-refractivity contribution in [3.8, 4) is 0 Å². The van der Waals surface area contributed by atoms with E-state index in [0.717, 1.165) is 76.0 Å². The number of benzene rings is 8. The van der Waals surface area contributed by atoms with E-state index in [-0.39, 0.29) is 14.7 Å². The average molecular weight is 1020 g/mol. The summed E-state index contributed by atoms with van der Waals surface area (Å²) in [6, 6.07) is 46.2. The van der Waals surface area contributed by atoms with E-state index in [1.165, 1.54) is 17.7 Å². The Kier molecular flexibility index (Phi) is 15.2. The Morgan fingerprint density at radius 3 is 1.51 bits per heavy atom. The fourth-order valence-corrected chi connectivity index (χ4v) is 11.5. The number of aromatic amines is 2. The maximum Gasteiger partial charge on any atom is 0.294 e. The zero-order chi connectivity index (χ0) is 49.5. The van der Waals surface area contributed by atoms with E-state index in [1.54, 1.807) is 60.7 Å². The third-order valence-corrected chi connectivity index (χ3v) is 15.7. The number of anilines is 2.